The minimum absolute atomic E-state index is 0.0229. The van der Waals surface area contributed by atoms with E-state index in [1.165, 1.54) is 0 Å². The van der Waals surface area contributed by atoms with Crippen LogP contribution >= 0.6 is 0 Å². The molecule has 0 bridgehead atoms. The van der Waals surface area contributed by atoms with E-state index in [-0.39, 0.29) is 23.3 Å². The molecule has 1 heterocycles. The van der Waals surface area contributed by atoms with Crippen molar-refractivity contribution in [3.8, 4) is 0 Å². The zero-order chi connectivity index (χ0) is 27.6. The maximum absolute atomic E-state index is 12.1. The number of piperidine rings is 1. The average molecular weight is 475 g/mol. The molecule has 186 valence electrons. The van der Waals surface area contributed by atoms with Crippen LogP contribution in [0.1, 0.15) is 78.9 Å². The Morgan fingerprint density at radius 1 is 0.857 bits per heavy atom. The van der Waals surface area contributed by atoms with Crippen LogP contribution in [-0.4, -0.2) is 34.7 Å². The van der Waals surface area contributed by atoms with E-state index in [0.717, 1.165) is 42.6 Å². The number of likely N-dealkylation sites (tertiary alicyclic amines) is 1. The lowest BCUT2D eigenvalue weighted by Gasteiger charge is -2.42. The first-order valence-electron chi connectivity index (χ1n) is 14.2. The molecule has 1 saturated heterocycles. The average Bonchev–Trinajstić information content (AvgIpc) is 2.92. The van der Waals surface area contributed by atoms with Crippen molar-refractivity contribution < 1.29 is 14.3 Å². The first-order valence-corrected chi connectivity index (χ1v) is 12.7. The summed E-state index contributed by atoms with van der Waals surface area (Å²) in [5.74, 6) is 0.0229. The van der Waals surface area contributed by atoms with E-state index >= 15 is 0 Å². The van der Waals surface area contributed by atoms with E-state index < -0.39 is 18.1 Å². The van der Waals surface area contributed by atoms with Crippen LogP contribution in [0.15, 0.2) is 84.9 Å². The normalized spacial score (nSPS) is 19.4. The Morgan fingerprint density at radius 3 is 1.86 bits per heavy atom. The Hall–Kier alpha value is -2.46. The van der Waals surface area contributed by atoms with Crippen molar-refractivity contribution in [1.82, 2.24) is 4.90 Å². The minimum Gasteiger partial charge on any atom is -0.388 e. The van der Waals surface area contributed by atoms with Gasteiger partial charge >= 0.3 is 0 Å². The van der Waals surface area contributed by atoms with Gasteiger partial charge in [0.2, 0.25) is 0 Å². The van der Waals surface area contributed by atoms with Crippen LogP contribution in [0.2, 0.25) is 0 Å². The third kappa shape index (κ3) is 6.03. The summed E-state index contributed by atoms with van der Waals surface area (Å²) in [7, 11) is 0. The Labute approximate surface area is 215 Å². The molecule has 3 aromatic carbocycles. The molecule has 3 aromatic rings. The Kier molecular flexibility index (Phi) is 6.90. The fraction of sp³-hybridized carbons (Fsp3) is 0.438. The van der Waals surface area contributed by atoms with Gasteiger partial charge in [-0.3, -0.25) is 0 Å². The van der Waals surface area contributed by atoms with Crippen LogP contribution in [0.4, 0.5) is 0 Å². The van der Waals surface area contributed by atoms with Crippen LogP contribution in [0.3, 0.4) is 0 Å². The highest BCUT2D eigenvalue weighted by Crippen LogP contribution is 2.42. The SMILES string of the molecule is [2H]C([2H])(CCN1CCC(C(O)(c2ccccc2)c2ccccc2)CC1)C([2H])(O)c1ccc(C(C)(C)C)cc1. The van der Waals surface area contributed by atoms with Crippen LogP contribution in [0, 0.1) is 5.92 Å². The molecule has 1 atom stereocenters. The highest BCUT2D eigenvalue weighted by molar-refractivity contribution is 5.37. The smallest absolute Gasteiger partial charge is 0.117 e. The van der Waals surface area contributed by atoms with Gasteiger partial charge in [-0.2, -0.15) is 0 Å². The van der Waals surface area contributed by atoms with E-state index in [2.05, 4.69) is 25.7 Å². The summed E-state index contributed by atoms with van der Waals surface area (Å²) in [6, 6.07) is 26.8. The van der Waals surface area contributed by atoms with Gasteiger partial charge < -0.3 is 15.1 Å². The van der Waals surface area contributed by atoms with Gasteiger partial charge in [0.05, 0.1) is 7.45 Å². The highest BCUT2D eigenvalue weighted by Gasteiger charge is 2.41. The minimum atomic E-state index is -2.34. The molecule has 0 amide bonds. The van der Waals surface area contributed by atoms with Crippen molar-refractivity contribution in [2.24, 2.45) is 5.92 Å². The number of rotatable bonds is 8. The lowest BCUT2D eigenvalue weighted by atomic mass is 9.72. The molecule has 3 nitrogen and oxygen atoms in total. The zero-order valence-corrected chi connectivity index (χ0v) is 21.2. The van der Waals surface area contributed by atoms with Crippen molar-refractivity contribution >= 4 is 0 Å². The van der Waals surface area contributed by atoms with Crippen molar-refractivity contribution in [2.75, 3.05) is 19.6 Å². The van der Waals surface area contributed by atoms with Gasteiger partial charge in [-0.25, -0.2) is 0 Å². The van der Waals surface area contributed by atoms with Gasteiger partial charge in [-0.05, 0) is 78.9 Å². The first kappa shape index (κ1) is 21.8. The van der Waals surface area contributed by atoms with E-state index in [1.807, 2.05) is 72.8 Å². The fourth-order valence-electron chi connectivity index (χ4n) is 5.16. The van der Waals surface area contributed by atoms with Crippen molar-refractivity contribution in [3.05, 3.63) is 107 Å². The molecule has 1 aliphatic heterocycles. The Balaban J connectivity index is 1.42. The maximum Gasteiger partial charge on any atom is 0.117 e. The molecule has 0 spiro atoms. The molecule has 35 heavy (non-hydrogen) atoms. The van der Waals surface area contributed by atoms with E-state index in [1.54, 1.807) is 12.1 Å². The predicted molar refractivity (Wildman–Crippen MR) is 144 cm³/mol. The molecule has 1 aliphatic rings. The second-order valence-corrected chi connectivity index (χ2v) is 10.7. The number of hydrogen-bond acceptors (Lipinski definition) is 3. The van der Waals surface area contributed by atoms with Crippen molar-refractivity contribution in [3.63, 3.8) is 0 Å². The van der Waals surface area contributed by atoms with E-state index in [4.69, 9.17) is 4.11 Å². The standard InChI is InChI=1S/C32H41NO2/c1-31(2,3)26-18-16-25(17-19-26)30(34)15-10-22-33-23-20-29(21-24-33)32(35,27-11-6-4-7-12-27)28-13-8-5-9-14-28/h4-9,11-14,16-19,29-30,34-35H,10,15,20-24H2,1-3H3/i15D2,30D. The first-order chi connectivity index (χ1) is 17.9. The lowest BCUT2D eigenvalue weighted by Crippen LogP contribution is -2.44. The van der Waals surface area contributed by atoms with Gasteiger partial charge in [0, 0.05) is 2.74 Å². The van der Waals surface area contributed by atoms with Gasteiger partial charge in [-0.15, -0.1) is 0 Å². The lowest BCUT2D eigenvalue weighted by molar-refractivity contribution is -0.0146. The largest absolute Gasteiger partial charge is 0.388 e. The van der Waals surface area contributed by atoms with E-state index in [0.29, 0.717) is 6.54 Å². The highest BCUT2D eigenvalue weighted by atomic mass is 16.3. The van der Waals surface area contributed by atoms with Gasteiger partial charge in [0.15, 0.2) is 0 Å². The summed E-state index contributed by atoms with van der Waals surface area (Å²) in [6.45, 7) is 8.17. The van der Waals surface area contributed by atoms with Crippen molar-refractivity contribution in [1.29, 1.82) is 0 Å². The van der Waals surface area contributed by atoms with Crippen LogP contribution in [0.25, 0.3) is 0 Å². The molecular weight excluding hydrogens is 430 g/mol. The second-order valence-electron chi connectivity index (χ2n) is 10.7. The second kappa shape index (κ2) is 11.1. The molecule has 3 heteroatoms. The summed E-state index contributed by atoms with van der Waals surface area (Å²) >= 11 is 0. The molecule has 4 rings (SSSR count). The summed E-state index contributed by atoms with van der Waals surface area (Å²) in [5, 5.41) is 23.1. The molecule has 2 N–H and O–H groups in total. The monoisotopic (exact) mass is 474 g/mol. The van der Waals surface area contributed by atoms with Gasteiger partial charge in [0.25, 0.3) is 0 Å². The third-order valence-electron chi connectivity index (χ3n) is 7.35. The molecule has 0 radical (unpaired) electrons. The van der Waals surface area contributed by atoms with E-state index in [9.17, 15) is 10.2 Å². The van der Waals surface area contributed by atoms with Crippen LogP contribution in [-0.2, 0) is 11.0 Å². The molecule has 0 aliphatic carbocycles. The zero-order valence-electron chi connectivity index (χ0n) is 24.2. The third-order valence-corrected chi connectivity index (χ3v) is 7.35. The number of hydrogen-bond donors (Lipinski definition) is 2. The Bertz CT molecular complexity index is 1130. The molecule has 1 fully saturated rings. The Morgan fingerprint density at radius 2 is 1.37 bits per heavy atom. The maximum atomic E-state index is 12.1. The number of nitrogens with zero attached hydrogens (tertiary/aromatic N) is 1. The van der Waals surface area contributed by atoms with Gasteiger partial charge in [-0.1, -0.05) is 106 Å². The molecule has 1 unspecified atom stereocenters. The predicted octanol–water partition coefficient (Wildman–Crippen LogP) is 6.45. The van der Waals surface area contributed by atoms with Crippen molar-refractivity contribution in [2.45, 2.75) is 63.5 Å². The molecule has 0 saturated carbocycles. The number of aliphatic hydroxyl groups is 2. The summed E-state index contributed by atoms with van der Waals surface area (Å²) in [4.78, 5) is 2.18. The summed E-state index contributed by atoms with van der Waals surface area (Å²) in [6.07, 6.45) is -2.89. The molecule has 0 aromatic heterocycles. The number of benzene rings is 3. The summed E-state index contributed by atoms with van der Waals surface area (Å²) < 4.78 is 25.7. The van der Waals surface area contributed by atoms with Crippen LogP contribution in [0.5, 0.6) is 0 Å². The van der Waals surface area contributed by atoms with Crippen LogP contribution < -0.4 is 0 Å². The quantitative estimate of drug-likeness (QED) is 0.394. The van der Waals surface area contributed by atoms with Gasteiger partial charge in [0.1, 0.15) is 5.60 Å². The fourth-order valence-corrected chi connectivity index (χ4v) is 5.16. The topological polar surface area (TPSA) is 43.7 Å². The summed E-state index contributed by atoms with van der Waals surface area (Å²) in [5.41, 5.74) is 1.97. The molecular formula is C32H41NO2.